The Hall–Kier alpha value is -0.180. The summed E-state index contributed by atoms with van der Waals surface area (Å²) >= 11 is 2.24. The van der Waals surface area contributed by atoms with Crippen LogP contribution in [0.2, 0.25) is 0 Å². The number of hydrogen-bond donors (Lipinski definition) is 1. The molecule has 1 heterocycles. The Morgan fingerprint density at radius 2 is 1.08 bits per heavy atom. The zero-order chi connectivity index (χ0) is 18.2. The van der Waals surface area contributed by atoms with Crippen LogP contribution in [0.4, 0.5) is 0 Å². The number of hydrogen-bond acceptors (Lipinski definition) is 2. The Kier molecular flexibility index (Phi) is 14.7. The highest BCUT2D eigenvalue weighted by molar-refractivity contribution is 8.07. The predicted molar refractivity (Wildman–Crippen MR) is 112 cm³/mol. The van der Waals surface area contributed by atoms with Crippen LogP contribution in [0.25, 0.3) is 0 Å². The first-order valence-electron chi connectivity index (χ1n) is 11.1. The third kappa shape index (κ3) is 14.7. The summed E-state index contributed by atoms with van der Waals surface area (Å²) in [5.41, 5.74) is 0. The third-order valence-electron chi connectivity index (χ3n) is 5.41. The summed E-state index contributed by atoms with van der Waals surface area (Å²) in [4.78, 5) is 10.4. The van der Waals surface area contributed by atoms with E-state index in [9.17, 15) is 4.79 Å². The molecule has 1 aliphatic heterocycles. The average Bonchev–Trinajstić information content (AvgIpc) is 3.34. The van der Waals surface area contributed by atoms with Gasteiger partial charge in [-0.05, 0) is 19.3 Å². The Balaban J connectivity index is 1.72. The molecular weight excluding hydrogens is 328 g/mol. The first kappa shape index (κ1) is 22.9. The van der Waals surface area contributed by atoms with E-state index >= 15 is 0 Å². The van der Waals surface area contributed by atoms with Gasteiger partial charge >= 0.3 is 5.97 Å². The summed E-state index contributed by atoms with van der Waals surface area (Å²) in [5.74, 6) is -0.650. The highest BCUT2D eigenvalue weighted by Crippen LogP contribution is 2.47. The standard InChI is InChI=1S/C22H42O2S/c1-2-3-4-5-11-14-17-20-21(25-20)18-15-12-9-7-6-8-10-13-16-19-22(23)24/h20-21H,2-19H2,1H3,(H,23,24). The molecule has 1 N–H and O–H groups in total. The van der Waals surface area contributed by atoms with Gasteiger partial charge in [0, 0.05) is 16.9 Å². The van der Waals surface area contributed by atoms with Gasteiger partial charge in [0.2, 0.25) is 0 Å². The van der Waals surface area contributed by atoms with Crippen molar-refractivity contribution in [2.75, 3.05) is 0 Å². The summed E-state index contributed by atoms with van der Waals surface area (Å²) < 4.78 is 0. The van der Waals surface area contributed by atoms with Gasteiger partial charge in [-0.15, -0.1) is 0 Å². The summed E-state index contributed by atoms with van der Waals surface area (Å²) in [6.45, 7) is 2.29. The maximum Gasteiger partial charge on any atom is 0.303 e. The molecule has 2 nitrogen and oxygen atoms in total. The second-order valence-electron chi connectivity index (χ2n) is 7.88. The van der Waals surface area contributed by atoms with Crippen LogP contribution in [-0.4, -0.2) is 21.6 Å². The van der Waals surface area contributed by atoms with Crippen molar-refractivity contribution in [3.8, 4) is 0 Å². The molecule has 0 radical (unpaired) electrons. The predicted octanol–water partition coefficient (Wildman–Crippen LogP) is 7.60. The molecule has 2 atom stereocenters. The van der Waals surface area contributed by atoms with Gasteiger partial charge in [0.25, 0.3) is 0 Å². The molecule has 0 bridgehead atoms. The Morgan fingerprint density at radius 1 is 0.680 bits per heavy atom. The van der Waals surface area contributed by atoms with Gasteiger partial charge in [-0.3, -0.25) is 4.79 Å². The van der Waals surface area contributed by atoms with Crippen molar-refractivity contribution < 1.29 is 9.90 Å². The zero-order valence-corrected chi connectivity index (χ0v) is 17.5. The molecule has 0 aromatic heterocycles. The summed E-state index contributed by atoms with van der Waals surface area (Å²) in [6, 6.07) is 0. The van der Waals surface area contributed by atoms with E-state index in [4.69, 9.17) is 5.11 Å². The highest BCUT2D eigenvalue weighted by atomic mass is 32.2. The molecule has 0 aromatic carbocycles. The second-order valence-corrected chi connectivity index (χ2v) is 9.37. The zero-order valence-electron chi connectivity index (χ0n) is 16.6. The third-order valence-corrected chi connectivity index (χ3v) is 6.92. The van der Waals surface area contributed by atoms with Crippen molar-refractivity contribution in [3.05, 3.63) is 0 Å². The van der Waals surface area contributed by atoms with Crippen molar-refractivity contribution in [1.82, 2.24) is 0 Å². The molecule has 0 spiro atoms. The van der Waals surface area contributed by atoms with Crippen molar-refractivity contribution in [2.45, 2.75) is 133 Å². The van der Waals surface area contributed by atoms with E-state index in [1.165, 1.54) is 96.3 Å². The van der Waals surface area contributed by atoms with Gasteiger partial charge in [0.05, 0.1) is 0 Å². The smallest absolute Gasteiger partial charge is 0.303 e. The van der Waals surface area contributed by atoms with Crippen molar-refractivity contribution >= 4 is 17.7 Å². The van der Waals surface area contributed by atoms with Gasteiger partial charge in [-0.1, -0.05) is 96.8 Å². The van der Waals surface area contributed by atoms with Crippen LogP contribution in [-0.2, 0) is 4.79 Å². The van der Waals surface area contributed by atoms with E-state index in [1.807, 2.05) is 0 Å². The molecule has 1 saturated heterocycles. The lowest BCUT2D eigenvalue weighted by Gasteiger charge is -2.02. The van der Waals surface area contributed by atoms with Crippen molar-refractivity contribution in [3.63, 3.8) is 0 Å². The summed E-state index contributed by atoms with van der Waals surface area (Å²) in [7, 11) is 0. The lowest BCUT2D eigenvalue weighted by molar-refractivity contribution is -0.137. The summed E-state index contributed by atoms with van der Waals surface area (Å²) in [6.07, 6.45) is 23.3. The average molecular weight is 371 g/mol. The number of carboxylic acids is 1. The van der Waals surface area contributed by atoms with Gasteiger partial charge in [0.1, 0.15) is 0 Å². The summed E-state index contributed by atoms with van der Waals surface area (Å²) in [5, 5.41) is 10.6. The molecule has 3 heteroatoms. The first-order valence-corrected chi connectivity index (χ1v) is 12.1. The topological polar surface area (TPSA) is 37.3 Å². The van der Waals surface area contributed by atoms with Crippen LogP contribution in [0.3, 0.4) is 0 Å². The van der Waals surface area contributed by atoms with Gasteiger partial charge in [-0.2, -0.15) is 11.8 Å². The fourth-order valence-electron chi connectivity index (χ4n) is 3.67. The normalized spacial score (nSPS) is 19.2. The largest absolute Gasteiger partial charge is 0.481 e. The quantitative estimate of drug-likeness (QED) is 0.188. The van der Waals surface area contributed by atoms with E-state index in [1.54, 1.807) is 0 Å². The van der Waals surface area contributed by atoms with E-state index in [0.29, 0.717) is 6.42 Å². The molecule has 0 aromatic rings. The maximum atomic E-state index is 10.4. The number of thioether (sulfide) groups is 1. The fraction of sp³-hybridized carbons (Fsp3) is 0.955. The minimum Gasteiger partial charge on any atom is -0.481 e. The molecule has 1 rings (SSSR count). The Morgan fingerprint density at radius 3 is 1.52 bits per heavy atom. The maximum absolute atomic E-state index is 10.4. The lowest BCUT2D eigenvalue weighted by atomic mass is 10.0. The van der Waals surface area contributed by atoms with Gasteiger partial charge in [0.15, 0.2) is 0 Å². The van der Waals surface area contributed by atoms with E-state index in [-0.39, 0.29) is 0 Å². The molecular formula is C22H42O2S. The van der Waals surface area contributed by atoms with Crippen LogP contribution in [0.15, 0.2) is 0 Å². The molecule has 0 saturated carbocycles. The van der Waals surface area contributed by atoms with Crippen LogP contribution in [0.1, 0.15) is 122 Å². The molecule has 1 aliphatic rings. The minimum absolute atomic E-state index is 0.346. The van der Waals surface area contributed by atoms with Crippen LogP contribution in [0, 0.1) is 0 Å². The van der Waals surface area contributed by atoms with E-state index in [2.05, 4.69) is 18.7 Å². The van der Waals surface area contributed by atoms with E-state index < -0.39 is 5.97 Å². The van der Waals surface area contributed by atoms with Crippen LogP contribution < -0.4 is 0 Å². The number of carbonyl (C=O) groups is 1. The Bertz CT molecular complexity index is 319. The van der Waals surface area contributed by atoms with E-state index in [0.717, 1.165) is 23.3 Å². The monoisotopic (exact) mass is 370 g/mol. The highest BCUT2D eigenvalue weighted by Gasteiger charge is 2.36. The second kappa shape index (κ2) is 16.0. The molecule has 148 valence electrons. The fourth-order valence-corrected chi connectivity index (χ4v) is 4.91. The molecule has 0 amide bonds. The molecule has 25 heavy (non-hydrogen) atoms. The minimum atomic E-state index is -0.650. The first-order chi connectivity index (χ1) is 12.2. The number of aliphatic carboxylic acids is 1. The SMILES string of the molecule is CCCCCCCCC1SC1CCCCCCCCCCCC(=O)O. The number of rotatable bonds is 19. The number of carboxylic acid groups (broad SMARTS) is 1. The van der Waals surface area contributed by atoms with Crippen molar-refractivity contribution in [1.29, 1.82) is 0 Å². The molecule has 2 unspecified atom stereocenters. The van der Waals surface area contributed by atoms with Gasteiger partial charge < -0.3 is 5.11 Å². The lowest BCUT2D eigenvalue weighted by Crippen LogP contribution is -1.95. The van der Waals surface area contributed by atoms with Crippen LogP contribution in [0.5, 0.6) is 0 Å². The van der Waals surface area contributed by atoms with Crippen molar-refractivity contribution in [2.24, 2.45) is 0 Å². The Labute approximate surface area is 160 Å². The van der Waals surface area contributed by atoms with Gasteiger partial charge in [-0.25, -0.2) is 0 Å². The number of unbranched alkanes of at least 4 members (excludes halogenated alkanes) is 13. The van der Waals surface area contributed by atoms with Crippen LogP contribution >= 0.6 is 11.8 Å². The molecule has 1 fully saturated rings. The molecule has 0 aliphatic carbocycles.